The predicted octanol–water partition coefficient (Wildman–Crippen LogP) is 0.773. The van der Waals surface area contributed by atoms with Gasteiger partial charge in [-0.3, -0.25) is 4.79 Å². The van der Waals surface area contributed by atoms with E-state index in [1.165, 1.54) is 6.92 Å². The SMILES string of the molecule is CC(=O)c1sc(N2CCOCC2)c(S(C)(=O)=O)c1N. The van der Waals surface area contributed by atoms with Crippen LogP contribution in [0, 0.1) is 0 Å². The number of anilines is 2. The van der Waals surface area contributed by atoms with Crippen molar-refractivity contribution >= 4 is 37.6 Å². The topological polar surface area (TPSA) is 89.7 Å². The van der Waals surface area contributed by atoms with Gasteiger partial charge in [0, 0.05) is 26.3 Å². The molecule has 0 spiro atoms. The van der Waals surface area contributed by atoms with Gasteiger partial charge >= 0.3 is 0 Å². The molecule has 0 aromatic carbocycles. The Balaban J connectivity index is 2.58. The minimum absolute atomic E-state index is 0.0708. The Hall–Kier alpha value is -1.12. The molecule has 0 saturated carbocycles. The standard InChI is InChI=1S/C11H16N2O4S2/c1-7(14)9-8(12)10(19(2,15)16)11(18-9)13-3-5-17-6-4-13/h3-6,12H2,1-2H3. The maximum absolute atomic E-state index is 11.9. The van der Waals surface area contributed by atoms with Crippen molar-refractivity contribution in [3.8, 4) is 0 Å². The average molecular weight is 304 g/mol. The number of rotatable bonds is 3. The van der Waals surface area contributed by atoms with Gasteiger partial charge < -0.3 is 15.4 Å². The van der Waals surface area contributed by atoms with Crippen molar-refractivity contribution in [1.29, 1.82) is 0 Å². The summed E-state index contributed by atoms with van der Waals surface area (Å²) in [5, 5.41) is 0.550. The molecule has 0 atom stereocenters. The molecule has 0 aliphatic carbocycles. The van der Waals surface area contributed by atoms with Gasteiger partial charge in [-0.25, -0.2) is 8.42 Å². The molecule has 106 valence electrons. The Kier molecular flexibility index (Phi) is 3.84. The molecule has 1 aliphatic rings. The Bertz CT molecular complexity index is 600. The quantitative estimate of drug-likeness (QED) is 0.830. The zero-order chi connectivity index (χ0) is 14.2. The van der Waals surface area contributed by atoms with Crippen molar-refractivity contribution in [2.45, 2.75) is 11.8 Å². The van der Waals surface area contributed by atoms with E-state index in [9.17, 15) is 13.2 Å². The Morgan fingerprint density at radius 1 is 1.37 bits per heavy atom. The van der Waals surface area contributed by atoms with Crippen molar-refractivity contribution in [2.24, 2.45) is 0 Å². The van der Waals surface area contributed by atoms with Crippen LogP contribution in [0.2, 0.25) is 0 Å². The third kappa shape index (κ3) is 2.75. The average Bonchev–Trinajstić information content (AvgIpc) is 2.68. The minimum atomic E-state index is -3.48. The van der Waals surface area contributed by atoms with Gasteiger partial charge in [-0.15, -0.1) is 11.3 Å². The van der Waals surface area contributed by atoms with Gasteiger partial charge in [-0.1, -0.05) is 0 Å². The lowest BCUT2D eigenvalue weighted by Gasteiger charge is -2.28. The van der Waals surface area contributed by atoms with E-state index in [0.29, 0.717) is 36.2 Å². The highest BCUT2D eigenvalue weighted by molar-refractivity contribution is 7.91. The molecular weight excluding hydrogens is 288 g/mol. The number of Topliss-reactive ketones (excluding diaryl/α,β-unsaturated/α-hetero) is 1. The van der Waals surface area contributed by atoms with Crippen LogP contribution in [0.4, 0.5) is 10.7 Å². The minimum Gasteiger partial charge on any atom is -0.396 e. The number of nitrogens with two attached hydrogens (primary N) is 1. The van der Waals surface area contributed by atoms with Crippen LogP contribution in [-0.2, 0) is 14.6 Å². The van der Waals surface area contributed by atoms with Crippen molar-refractivity contribution in [1.82, 2.24) is 0 Å². The lowest BCUT2D eigenvalue weighted by molar-refractivity contribution is 0.102. The van der Waals surface area contributed by atoms with Crippen LogP contribution in [0.3, 0.4) is 0 Å². The summed E-state index contributed by atoms with van der Waals surface area (Å²) in [5.41, 5.74) is 5.92. The Labute approximate surface area is 116 Å². The summed E-state index contributed by atoms with van der Waals surface area (Å²) in [6, 6.07) is 0. The monoisotopic (exact) mass is 304 g/mol. The number of morpholine rings is 1. The molecule has 1 aliphatic heterocycles. The molecule has 1 fully saturated rings. The summed E-state index contributed by atoms with van der Waals surface area (Å²) in [4.78, 5) is 13.8. The molecule has 0 amide bonds. The van der Waals surface area contributed by atoms with Gasteiger partial charge in [-0.05, 0) is 0 Å². The molecule has 1 saturated heterocycles. The number of ketones is 1. The van der Waals surface area contributed by atoms with E-state index >= 15 is 0 Å². The third-order valence-electron chi connectivity index (χ3n) is 2.87. The lowest BCUT2D eigenvalue weighted by Crippen LogP contribution is -2.36. The molecule has 2 N–H and O–H groups in total. The van der Waals surface area contributed by atoms with E-state index in [-0.39, 0.29) is 16.4 Å². The van der Waals surface area contributed by atoms with Crippen molar-refractivity contribution in [3.05, 3.63) is 4.88 Å². The molecule has 1 aromatic rings. The maximum atomic E-state index is 11.9. The third-order valence-corrected chi connectivity index (χ3v) is 5.52. The number of hydrogen-bond donors (Lipinski definition) is 1. The number of carbonyl (C=O) groups is 1. The van der Waals surface area contributed by atoms with Crippen LogP contribution < -0.4 is 10.6 Å². The Morgan fingerprint density at radius 3 is 2.42 bits per heavy atom. The van der Waals surface area contributed by atoms with Crippen molar-refractivity contribution in [3.63, 3.8) is 0 Å². The van der Waals surface area contributed by atoms with Crippen LogP contribution in [0.15, 0.2) is 4.90 Å². The molecule has 0 unspecified atom stereocenters. The van der Waals surface area contributed by atoms with Gasteiger partial charge in [-0.2, -0.15) is 0 Å². The van der Waals surface area contributed by atoms with Crippen LogP contribution in [0.5, 0.6) is 0 Å². The second-order valence-corrected chi connectivity index (χ2v) is 7.36. The molecular formula is C11H16N2O4S2. The number of sulfone groups is 1. The lowest BCUT2D eigenvalue weighted by atomic mass is 10.3. The van der Waals surface area contributed by atoms with Gasteiger partial charge in [0.2, 0.25) is 0 Å². The number of carbonyl (C=O) groups excluding carboxylic acids is 1. The summed E-state index contributed by atoms with van der Waals surface area (Å²) in [5.74, 6) is -0.216. The first kappa shape index (κ1) is 14.3. The normalized spacial score (nSPS) is 16.6. The molecule has 19 heavy (non-hydrogen) atoms. The van der Waals surface area contributed by atoms with E-state index in [1.54, 1.807) is 0 Å². The molecule has 8 heteroatoms. The summed E-state index contributed by atoms with van der Waals surface area (Å²) >= 11 is 1.14. The number of nitrogen functional groups attached to an aromatic ring is 1. The highest BCUT2D eigenvalue weighted by Gasteiger charge is 2.29. The van der Waals surface area contributed by atoms with Crippen LogP contribution in [0.1, 0.15) is 16.6 Å². The fourth-order valence-electron chi connectivity index (χ4n) is 2.01. The zero-order valence-electron chi connectivity index (χ0n) is 10.8. The van der Waals surface area contributed by atoms with E-state index < -0.39 is 9.84 Å². The van der Waals surface area contributed by atoms with Crippen LogP contribution >= 0.6 is 11.3 Å². The highest BCUT2D eigenvalue weighted by Crippen LogP contribution is 2.41. The van der Waals surface area contributed by atoms with Gasteiger partial charge in [0.25, 0.3) is 0 Å². The highest BCUT2D eigenvalue weighted by atomic mass is 32.2. The van der Waals surface area contributed by atoms with Gasteiger partial charge in [0.1, 0.15) is 9.90 Å². The molecule has 2 rings (SSSR count). The molecule has 2 heterocycles. The smallest absolute Gasteiger partial charge is 0.180 e. The Morgan fingerprint density at radius 2 is 1.95 bits per heavy atom. The zero-order valence-corrected chi connectivity index (χ0v) is 12.4. The predicted molar refractivity (Wildman–Crippen MR) is 74.9 cm³/mol. The van der Waals surface area contributed by atoms with E-state index in [0.717, 1.165) is 17.6 Å². The summed E-state index contributed by atoms with van der Waals surface area (Å²) < 4.78 is 29.1. The first-order valence-corrected chi connectivity index (χ1v) is 8.49. The number of nitrogens with zero attached hydrogens (tertiary/aromatic N) is 1. The van der Waals surface area contributed by atoms with Crippen LogP contribution in [-0.4, -0.2) is 46.8 Å². The van der Waals surface area contributed by atoms with E-state index in [1.807, 2.05) is 4.90 Å². The number of hydrogen-bond acceptors (Lipinski definition) is 7. The second-order valence-electron chi connectivity index (χ2n) is 4.41. The number of ether oxygens (including phenoxy) is 1. The molecule has 0 bridgehead atoms. The van der Waals surface area contributed by atoms with Crippen molar-refractivity contribution in [2.75, 3.05) is 43.2 Å². The molecule has 6 nitrogen and oxygen atoms in total. The molecule has 1 aromatic heterocycles. The number of thiophene rings is 1. The summed E-state index contributed by atoms with van der Waals surface area (Å²) in [6.07, 6.45) is 1.11. The summed E-state index contributed by atoms with van der Waals surface area (Å²) in [7, 11) is -3.48. The first-order chi connectivity index (χ1) is 8.82. The maximum Gasteiger partial charge on any atom is 0.180 e. The first-order valence-electron chi connectivity index (χ1n) is 5.78. The second kappa shape index (κ2) is 5.10. The van der Waals surface area contributed by atoms with Gasteiger partial charge in [0.05, 0.1) is 23.8 Å². The van der Waals surface area contributed by atoms with E-state index in [4.69, 9.17) is 10.5 Å². The fraction of sp³-hybridized carbons (Fsp3) is 0.545. The van der Waals surface area contributed by atoms with Gasteiger partial charge in [0.15, 0.2) is 15.6 Å². The fourth-order valence-corrected chi connectivity index (χ4v) is 4.67. The van der Waals surface area contributed by atoms with Crippen molar-refractivity contribution < 1.29 is 17.9 Å². The van der Waals surface area contributed by atoms with Crippen LogP contribution in [0.25, 0.3) is 0 Å². The largest absolute Gasteiger partial charge is 0.396 e. The summed E-state index contributed by atoms with van der Waals surface area (Å²) in [6.45, 7) is 3.66. The molecule has 0 radical (unpaired) electrons. The van der Waals surface area contributed by atoms with E-state index in [2.05, 4.69) is 0 Å².